The number of hydroxylamine groups is 4. The van der Waals surface area contributed by atoms with Crippen molar-refractivity contribution < 1.29 is 10.0 Å². The van der Waals surface area contributed by atoms with Crippen LogP contribution in [0.25, 0.3) is 0 Å². The van der Waals surface area contributed by atoms with Gasteiger partial charge in [-0.3, -0.25) is 10.5 Å². The predicted molar refractivity (Wildman–Crippen MR) is 52.1 cm³/mol. The van der Waals surface area contributed by atoms with E-state index in [0.717, 1.165) is 5.57 Å². The lowest BCUT2D eigenvalue weighted by molar-refractivity contribution is -0.168. The molecule has 2 aliphatic carbocycles. The Labute approximate surface area is 87.8 Å². The fourth-order valence-corrected chi connectivity index (χ4v) is 2.75. The second-order valence-corrected chi connectivity index (χ2v) is 4.17. The van der Waals surface area contributed by atoms with E-state index in [9.17, 15) is 10.4 Å². The van der Waals surface area contributed by atoms with Crippen LogP contribution in [0, 0.1) is 22.3 Å². The summed E-state index contributed by atoms with van der Waals surface area (Å²) in [5, 5.41) is 31.8. The van der Waals surface area contributed by atoms with Crippen molar-refractivity contribution in [1.82, 2.24) is 10.5 Å². The summed E-state index contributed by atoms with van der Waals surface area (Å²) in [6.45, 7) is 1.98. The fraction of sp³-hybridized carbons (Fsp3) is 0.778. The minimum absolute atomic E-state index is 0.0131. The van der Waals surface area contributed by atoms with Gasteiger partial charge in [-0.15, -0.1) is 0 Å². The first-order chi connectivity index (χ1) is 7.06. The van der Waals surface area contributed by atoms with Crippen molar-refractivity contribution in [3.8, 4) is 0 Å². The summed E-state index contributed by atoms with van der Waals surface area (Å²) in [6.07, 6.45) is 2.68. The van der Waals surface area contributed by atoms with Crippen LogP contribution in [0.3, 0.4) is 0 Å². The molecule has 0 aliphatic heterocycles. The van der Waals surface area contributed by atoms with E-state index >= 15 is 0 Å². The Morgan fingerprint density at radius 1 is 1.53 bits per heavy atom. The van der Waals surface area contributed by atoms with Gasteiger partial charge in [-0.25, -0.2) is 0 Å². The Balaban J connectivity index is 2.25. The lowest BCUT2D eigenvalue weighted by Crippen LogP contribution is -2.49. The quantitative estimate of drug-likeness (QED) is 0.554. The van der Waals surface area contributed by atoms with Crippen LogP contribution in [0.5, 0.6) is 0 Å². The van der Waals surface area contributed by atoms with Crippen molar-refractivity contribution >= 4 is 0 Å². The molecule has 4 unspecified atom stereocenters. The van der Waals surface area contributed by atoms with Crippen LogP contribution in [0.4, 0.5) is 0 Å². The molecule has 0 amide bonds. The molecule has 2 aliphatic rings. The normalized spacial score (nSPS) is 39.3. The van der Waals surface area contributed by atoms with Gasteiger partial charge in [0.2, 0.25) is 0 Å². The Bertz CT molecular complexity index is 281. The summed E-state index contributed by atoms with van der Waals surface area (Å²) in [4.78, 5) is 4.56. The van der Waals surface area contributed by atoms with Crippen LogP contribution in [-0.2, 0) is 4.84 Å². The average Bonchev–Trinajstić information content (AvgIpc) is 2.71. The van der Waals surface area contributed by atoms with Crippen LogP contribution < -0.4 is 0 Å². The van der Waals surface area contributed by atoms with Crippen LogP contribution in [0.15, 0.2) is 11.6 Å². The maximum atomic E-state index is 11.4. The third-order valence-corrected chi connectivity index (χ3v) is 3.43. The van der Waals surface area contributed by atoms with Crippen molar-refractivity contribution in [2.45, 2.75) is 25.4 Å². The van der Waals surface area contributed by atoms with E-state index in [1.807, 2.05) is 13.0 Å². The summed E-state index contributed by atoms with van der Waals surface area (Å²) in [6, 6.07) is -1.38. The number of allylic oxidation sites excluding steroid dienone is 1. The molecule has 1 fully saturated rings. The van der Waals surface area contributed by atoms with Gasteiger partial charge in [-0.05, 0) is 18.3 Å². The molecular formula is C9H14N2O4-2. The summed E-state index contributed by atoms with van der Waals surface area (Å²) in [7, 11) is 1.26. The lowest BCUT2D eigenvalue weighted by Gasteiger charge is -2.45. The van der Waals surface area contributed by atoms with Crippen molar-refractivity contribution in [3.63, 3.8) is 0 Å². The van der Waals surface area contributed by atoms with Gasteiger partial charge in [0.15, 0.2) is 0 Å². The number of hydrogen-bond acceptors (Lipinski definition) is 6. The molecule has 1 saturated carbocycles. The van der Waals surface area contributed by atoms with Crippen molar-refractivity contribution in [2.24, 2.45) is 11.8 Å². The van der Waals surface area contributed by atoms with E-state index in [1.54, 1.807) is 0 Å². The van der Waals surface area contributed by atoms with Gasteiger partial charge in [-0.1, -0.05) is 18.6 Å². The summed E-state index contributed by atoms with van der Waals surface area (Å²) >= 11 is 0. The third-order valence-electron chi connectivity index (χ3n) is 3.43. The molecule has 4 atom stereocenters. The van der Waals surface area contributed by atoms with Crippen LogP contribution in [0.2, 0.25) is 0 Å². The highest BCUT2D eigenvalue weighted by molar-refractivity contribution is 5.30. The van der Waals surface area contributed by atoms with Gasteiger partial charge >= 0.3 is 0 Å². The molecule has 0 radical (unpaired) electrons. The zero-order valence-electron chi connectivity index (χ0n) is 8.66. The first-order valence-corrected chi connectivity index (χ1v) is 4.92. The van der Waals surface area contributed by atoms with E-state index in [4.69, 9.17) is 5.21 Å². The zero-order chi connectivity index (χ0) is 11.2. The highest BCUT2D eigenvalue weighted by atomic mass is 16.9. The highest BCUT2D eigenvalue weighted by Gasteiger charge is 2.47. The van der Waals surface area contributed by atoms with Gasteiger partial charge in [0.1, 0.15) is 0 Å². The predicted octanol–water partition coefficient (Wildman–Crippen LogP) is 0.870. The Kier molecular flexibility index (Phi) is 2.80. The van der Waals surface area contributed by atoms with Crippen LogP contribution >= 0.6 is 0 Å². The SMILES string of the molecule is CON([O-])C1C2=CC(C)C(C2)C1N([O-])O. The van der Waals surface area contributed by atoms with Gasteiger partial charge in [-0.2, -0.15) is 0 Å². The van der Waals surface area contributed by atoms with Gasteiger partial charge in [0.05, 0.1) is 13.2 Å². The van der Waals surface area contributed by atoms with Crippen LogP contribution in [0.1, 0.15) is 13.3 Å². The molecule has 0 aromatic heterocycles. The maximum Gasteiger partial charge on any atom is 0.0599 e. The average molecular weight is 214 g/mol. The van der Waals surface area contributed by atoms with E-state index in [-0.39, 0.29) is 17.1 Å². The number of hydrogen-bond donors (Lipinski definition) is 1. The first kappa shape index (κ1) is 11.0. The minimum atomic E-state index is -0.711. The first-order valence-electron chi connectivity index (χ1n) is 4.92. The van der Waals surface area contributed by atoms with E-state index in [1.165, 1.54) is 7.11 Å². The molecule has 2 bridgehead atoms. The maximum absolute atomic E-state index is 11.4. The number of nitrogens with zero attached hydrogens (tertiary/aromatic N) is 2. The molecule has 2 rings (SSSR count). The topological polar surface area (TPSA) is 82.1 Å². The van der Waals surface area contributed by atoms with Crippen LogP contribution in [-0.4, -0.2) is 34.9 Å². The second-order valence-electron chi connectivity index (χ2n) is 4.17. The van der Waals surface area contributed by atoms with E-state index in [0.29, 0.717) is 11.6 Å². The van der Waals surface area contributed by atoms with Gasteiger partial charge in [0.25, 0.3) is 0 Å². The zero-order valence-corrected chi connectivity index (χ0v) is 8.66. The third kappa shape index (κ3) is 1.59. The standard InChI is InChI=1S/C9H14N2O4/c1-5-3-6-4-7(5)9(10(12)13)8(6)11(14)15-2/h3,5,7-9,12H,4H2,1-2H3/q-2. The number of rotatable bonds is 3. The van der Waals surface area contributed by atoms with E-state index in [2.05, 4.69) is 4.84 Å². The summed E-state index contributed by atoms with van der Waals surface area (Å²) in [5.41, 5.74) is 0.893. The molecule has 1 N–H and O–H groups in total. The molecule has 0 saturated heterocycles. The molecule has 0 heterocycles. The van der Waals surface area contributed by atoms with Gasteiger partial charge in [0, 0.05) is 6.04 Å². The Hall–Kier alpha value is -0.500. The molecule has 0 spiro atoms. The van der Waals surface area contributed by atoms with Crippen molar-refractivity contribution in [1.29, 1.82) is 0 Å². The fourth-order valence-electron chi connectivity index (χ4n) is 2.75. The molecular weight excluding hydrogens is 200 g/mol. The second kappa shape index (κ2) is 3.82. The van der Waals surface area contributed by atoms with Crippen molar-refractivity contribution in [2.75, 3.05) is 7.11 Å². The van der Waals surface area contributed by atoms with E-state index < -0.39 is 12.1 Å². The molecule has 0 aromatic carbocycles. The largest absolute Gasteiger partial charge is 0.762 e. The smallest absolute Gasteiger partial charge is 0.0599 e. The molecule has 6 heteroatoms. The molecule has 0 aromatic rings. The number of fused-ring (bicyclic) bond motifs is 2. The summed E-state index contributed by atoms with van der Waals surface area (Å²) < 4.78 is 0. The summed E-state index contributed by atoms with van der Waals surface area (Å²) in [5.74, 6) is 0.245. The Morgan fingerprint density at radius 3 is 2.73 bits per heavy atom. The van der Waals surface area contributed by atoms with Gasteiger partial charge < -0.3 is 20.5 Å². The molecule has 6 nitrogen and oxygen atoms in total. The lowest BCUT2D eigenvalue weighted by atomic mass is 9.88. The highest BCUT2D eigenvalue weighted by Crippen LogP contribution is 2.47. The monoisotopic (exact) mass is 214 g/mol. The molecule has 15 heavy (non-hydrogen) atoms. The molecule has 86 valence electrons. The van der Waals surface area contributed by atoms with Crippen molar-refractivity contribution in [3.05, 3.63) is 22.1 Å². The minimum Gasteiger partial charge on any atom is -0.762 e. The Morgan fingerprint density at radius 2 is 2.20 bits per heavy atom.